The van der Waals surface area contributed by atoms with Crippen molar-refractivity contribution in [3.8, 4) is 0 Å². The Labute approximate surface area is 88.9 Å². The van der Waals surface area contributed by atoms with Gasteiger partial charge in [-0.1, -0.05) is 6.42 Å². The van der Waals surface area contributed by atoms with Crippen molar-refractivity contribution < 1.29 is 9.90 Å². The number of hydrogen-bond donors (Lipinski definition) is 2. The standard InChI is InChI=1S/C11H16N2O2/c1-13(9-4-2-7-12-9)8-11(10(14)15)5-3-6-11/h2,4,7,12H,3,5-6,8H2,1H3,(H,14,15). The Morgan fingerprint density at radius 3 is 2.80 bits per heavy atom. The first-order chi connectivity index (χ1) is 7.14. The van der Waals surface area contributed by atoms with Crippen LogP contribution in [0.3, 0.4) is 0 Å². The molecule has 2 rings (SSSR count). The lowest BCUT2D eigenvalue weighted by Crippen LogP contribution is -2.46. The molecule has 1 aromatic rings. The number of rotatable bonds is 4. The molecule has 1 aromatic heterocycles. The second kappa shape index (κ2) is 3.61. The second-order valence-electron chi connectivity index (χ2n) is 4.35. The Balaban J connectivity index is 2.04. The maximum Gasteiger partial charge on any atom is 0.311 e. The van der Waals surface area contributed by atoms with Crippen LogP contribution in [-0.4, -0.2) is 29.7 Å². The summed E-state index contributed by atoms with van der Waals surface area (Å²) in [5.41, 5.74) is -0.514. The number of carbonyl (C=O) groups is 1. The summed E-state index contributed by atoms with van der Waals surface area (Å²) in [4.78, 5) is 16.2. The van der Waals surface area contributed by atoms with Crippen LogP contribution in [0.5, 0.6) is 0 Å². The Morgan fingerprint density at radius 1 is 1.67 bits per heavy atom. The molecular formula is C11H16N2O2. The minimum Gasteiger partial charge on any atom is -0.481 e. The van der Waals surface area contributed by atoms with Gasteiger partial charge in [0.25, 0.3) is 0 Å². The smallest absolute Gasteiger partial charge is 0.311 e. The highest BCUT2D eigenvalue weighted by Crippen LogP contribution is 2.42. The first-order valence-corrected chi connectivity index (χ1v) is 5.22. The van der Waals surface area contributed by atoms with Crippen molar-refractivity contribution in [1.29, 1.82) is 0 Å². The molecule has 1 fully saturated rings. The molecule has 1 saturated carbocycles. The predicted molar refractivity (Wildman–Crippen MR) is 58.0 cm³/mol. The van der Waals surface area contributed by atoms with Crippen LogP contribution in [0, 0.1) is 5.41 Å². The van der Waals surface area contributed by atoms with Gasteiger partial charge in [0.2, 0.25) is 0 Å². The third kappa shape index (κ3) is 1.71. The van der Waals surface area contributed by atoms with Gasteiger partial charge in [0.05, 0.1) is 5.41 Å². The minimum atomic E-state index is -0.660. The van der Waals surface area contributed by atoms with Crippen LogP contribution in [0.2, 0.25) is 0 Å². The molecule has 0 spiro atoms. The van der Waals surface area contributed by atoms with Crippen molar-refractivity contribution in [3.63, 3.8) is 0 Å². The molecule has 0 aliphatic heterocycles. The number of hydrogen-bond acceptors (Lipinski definition) is 2. The number of aromatic nitrogens is 1. The summed E-state index contributed by atoms with van der Waals surface area (Å²) in [5, 5.41) is 9.19. The van der Waals surface area contributed by atoms with Crippen LogP contribution in [-0.2, 0) is 4.79 Å². The van der Waals surface area contributed by atoms with Gasteiger partial charge >= 0.3 is 5.97 Å². The molecule has 1 aliphatic rings. The summed E-state index contributed by atoms with van der Waals surface area (Å²) in [6.45, 7) is 0.586. The van der Waals surface area contributed by atoms with Gasteiger partial charge in [-0.05, 0) is 25.0 Å². The molecule has 4 heteroatoms. The van der Waals surface area contributed by atoms with E-state index in [-0.39, 0.29) is 0 Å². The van der Waals surface area contributed by atoms with E-state index >= 15 is 0 Å². The average molecular weight is 208 g/mol. The molecule has 0 radical (unpaired) electrons. The monoisotopic (exact) mass is 208 g/mol. The molecule has 82 valence electrons. The second-order valence-corrected chi connectivity index (χ2v) is 4.35. The average Bonchev–Trinajstić information content (AvgIpc) is 2.62. The molecular weight excluding hydrogens is 192 g/mol. The number of nitrogens with zero attached hydrogens (tertiary/aromatic N) is 1. The van der Waals surface area contributed by atoms with Crippen molar-refractivity contribution >= 4 is 11.8 Å². The maximum absolute atomic E-state index is 11.2. The number of aliphatic carboxylic acids is 1. The Kier molecular flexibility index (Phi) is 2.42. The zero-order valence-electron chi connectivity index (χ0n) is 8.86. The topological polar surface area (TPSA) is 56.3 Å². The number of carboxylic acid groups (broad SMARTS) is 1. The molecule has 0 saturated heterocycles. The molecule has 4 nitrogen and oxygen atoms in total. The van der Waals surface area contributed by atoms with Crippen molar-refractivity contribution in [2.75, 3.05) is 18.5 Å². The summed E-state index contributed by atoms with van der Waals surface area (Å²) < 4.78 is 0. The van der Waals surface area contributed by atoms with Gasteiger partial charge in [0, 0.05) is 19.8 Å². The lowest BCUT2D eigenvalue weighted by Gasteiger charge is -2.40. The SMILES string of the molecule is CN(CC1(C(=O)O)CCC1)c1ccc[nH]1. The number of nitrogens with one attached hydrogen (secondary N) is 1. The minimum absolute atomic E-state index is 0.514. The molecule has 1 aliphatic carbocycles. The first kappa shape index (κ1) is 10.1. The third-order valence-corrected chi connectivity index (χ3v) is 3.30. The molecule has 1 heterocycles. The van der Waals surface area contributed by atoms with E-state index < -0.39 is 11.4 Å². The van der Waals surface area contributed by atoms with Gasteiger partial charge in [-0.25, -0.2) is 0 Å². The zero-order valence-corrected chi connectivity index (χ0v) is 8.86. The van der Waals surface area contributed by atoms with Crippen molar-refractivity contribution in [2.24, 2.45) is 5.41 Å². The molecule has 0 atom stereocenters. The summed E-state index contributed by atoms with van der Waals surface area (Å²) in [6, 6.07) is 3.87. The Morgan fingerprint density at radius 2 is 2.40 bits per heavy atom. The van der Waals surface area contributed by atoms with Crippen LogP contribution >= 0.6 is 0 Å². The van der Waals surface area contributed by atoms with E-state index in [1.807, 2.05) is 30.3 Å². The van der Waals surface area contributed by atoms with Gasteiger partial charge < -0.3 is 15.0 Å². The highest BCUT2D eigenvalue weighted by Gasteiger charge is 2.45. The van der Waals surface area contributed by atoms with E-state index in [1.165, 1.54) is 0 Å². The molecule has 0 unspecified atom stereocenters. The van der Waals surface area contributed by atoms with Crippen LogP contribution in [0.1, 0.15) is 19.3 Å². The van der Waals surface area contributed by atoms with Gasteiger partial charge in [0.1, 0.15) is 5.82 Å². The first-order valence-electron chi connectivity index (χ1n) is 5.22. The number of H-pyrrole nitrogens is 1. The van der Waals surface area contributed by atoms with Crippen LogP contribution < -0.4 is 4.90 Å². The largest absolute Gasteiger partial charge is 0.481 e. The van der Waals surface area contributed by atoms with Gasteiger partial charge in [-0.2, -0.15) is 0 Å². The highest BCUT2D eigenvalue weighted by molar-refractivity contribution is 5.76. The summed E-state index contributed by atoms with van der Waals surface area (Å²) in [6.07, 6.45) is 4.48. The van der Waals surface area contributed by atoms with E-state index in [2.05, 4.69) is 4.98 Å². The molecule has 0 amide bonds. The van der Waals surface area contributed by atoms with Crippen LogP contribution in [0.4, 0.5) is 5.82 Å². The number of anilines is 1. The fourth-order valence-electron chi connectivity index (χ4n) is 2.14. The van der Waals surface area contributed by atoms with E-state index in [0.29, 0.717) is 6.54 Å². The van der Waals surface area contributed by atoms with Crippen LogP contribution in [0.15, 0.2) is 18.3 Å². The summed E-state index contributed by atoms with van der Waals surface area (Å²) >= 11 is 0. The molecule has 15 heavy (non-hydrogen) atoms. The lowest BCUT2D eigenvalue weighted by atomic mass is 9.68. The van der Waals surface area contributed by atoms with Gasteiger partial charge in [0.15, 0.2) is 0 Å². The Bertz CT molecular complexity index is 341. The number of carboxylic acids is 1. The Hall–Kier alpha value is -1.45. The van der Waals surface area contributed by atoms with Crippen LogP contribution in [0.25, 0.3) is 0 Å². The van der Waals surface area contributed by atoms with Crippen molar-refractivity contribution in [2.45, 2.75) is 19.3 Å². The van der Waals surface area contributed by atoms with Gasteiger partial charge in [-0.15, -0.1) is 0 Å². The van der Waals surface area contributed by atoms with Gasteiger partial charge in [-0.3, -0.25) is 4.79 Å². The van der Waals surface area contributed by atoms with E-state index in [4.69, 9.17) is 0 Å². The fraction of sp³-hybridized carbons (Fsp3) is 0.545. The molecule has 2 N–H and O–H groups in total. The number of aromatic amines is 1. The zero-order chi connectivity index (χ0) is 10.9. The maximum atomic E-state index is 11.2. The quantitative estimate of drug-likeness (QED) is 0.792. The summed E-state index contributed by atoms with van der Waals surface area (Å²) in [7, 11) is 1.93. The molecule has 0 bridgehead atoms. The van der Waals surface area contributed by atoms with E-state index in [9.17, 15) is 9.90 Å². The highest BCUT2D eigenvalue weighted by atomic mass is 16.4. The van der Waals surface area contributed by atoms with E-state index in [1.54, 1.807) is 0 Å². The normalized spacial score (nSPS) is 18.2. The lowest BCUT2D eigenvalue weighted by molar-refractivity contribution is -0.153. The molecule has 0 aromatic carbocycles. The van der Waals surface area contributed by atoms with Crippen molar-refractivity contribution in [1.82, 2.24) is 4.98 Å². The summed E-state index contributed by atoms with van der Waals surface area (Å²) in [5.74, 6) is 0.315. The fourth-order valence-corrected chi connectivity index (χ4v) is 2.14. The van der Waals surface area contributed by atoms with Crippen molar-refractivity contribution in [3.05, 3.63) is 18.3 Å². The third-order valence-electron chi connectivity index (χ3n) is 3.30. The predicted octanol–water partition coefficient (Wildman–Crippen LogP) is 1.71. The van der Waals surface area contributed by atoms with E-state index in [0.717, 1.165) is 25.1 Å².